The Morgan fingerprint density at radius 3 is 2.16 bits per heavy atom. The predicted molar refractivity (Wildman–Crippen MR) is 71.7 cm³/mol. The van der Waals surface area contributed by atoms with Crippen LogP contribution < -0.4 is 4.74 Å². The molecule has 0 heterocycles. The van der Waals surface area contributed by atoms with Gasteiger partial charge in [0.15, 0.2) is 0 Å². The van der Waals surface area contributed by atoms with Crippen molar-refractivity contribution in [2.45, 2.75) is 13.0 Å². The van der Waals surface area contributed by atoms with Crippen LogP contribution in [0, 0.1) is 5.82 Å². The Morgan fingerprint density at radius 2 is 1.58 bits per heavy atom. The van der Waals surface area contributed by atoms with Gasteiger partial charge in [0, 0.05) is 6.42 Å². The highest BCUT2D eigenvalue weighted by atomic mass is 35.5. The molecule has 19 heavy (non-hydrogen) atoms. The Kier molecular flexibility index (Phi) is 4.53. The first-order valence-corrected chi connectivity index (χ1v) is 6.16. The van der Waals surface area contributed by atoms with Crippen molar-refractivity contribution in [3.8, 4) is 5.75 Å². The van der Waals surface area contributed by atoms with E-state index < -0.39 is 0 Å². The Bertz CT molecular complexity index is 549. The summed E-state index contributed by atoms with van der Waals surface area (Å²) >= 11 is 5.31. The number of carbonyl (C=O) groups excluding carboxylic acids is 1. The average Bonchev–Trinajstić information content (AvgIpc) is 2.39. The third-order valence-corrected chi connectivity index (χ3v) is 2.72. The summed E-state index contributed by atoms with van der Waals surface area (Å²) in [6.07, 6.45) is 0.208. The molecule has 0 fully saturated rings. The van der Waals surface area contributed by atoms with Gasteiger partial charge >= 0.3 is 0 Å². The molecule has 0 aromatic heterocycles. The van der Waals surface area contributed by atoms with Crippen LogP contribution in [-0.2, 0) is 17.8 Å². The molecule has 0 amide bonds. The molecule has 98 valence electrons. The molecule has 0 spiro atoms. The molecular weight excluding hydrogens is 267 g/mol. The van der Waals surface area contributed by atoms with Gasteiger partial charge in [-0.1, -0.05) is 24.3 Å². The first-order chi connectivity index (χ1) is 9.13. The second-order valence-corrected chi connectivity index (χ2v) is 4.51. The number of halogens is 2. The van der Waals surface area contributed by atoms with E-state index in [-0.39, 0.29) is 17.5 Å². The van der Waals surface area contributed by atoms with Gasteiger partial charge in [-0.25, -0.2) is 4.39 Å². The van der Waals surface area contributed by atoms with Crippen molar-refractivity contribution in [2.24, 2.45) is 0 Å². The summed E-state index contributed by atoms with van der Waals surface area (Å²) < 4.78 is 18.3. The molecule has 0 atom stereocenters. The fraction of sp³-hybridized carbons (Fsp3) is 0.133. The largest absolute Gasteiger partial charge is 0.489 e. The van der Waals surface area contributed by atoms with E-state index in [1.165, 1.54) is 12.1 Å². The maximum absolute atomic E-state index is 12.7. The van der Waals surface area contributed by atoms with Crippen LogP contribution in [0.1, 0.15) is 11.1 Å². The molecule has 2 aromatic carbocycles. The van der Waals surface area contributed by atoms with Gasteiger partial charge in [-0.3, -0.25) is 4.79 Å². The fourth-order valence-electron chi connectivity index (χ4n) is 1.61. The average molecular weight is 279 g/mol. The van der Waals surface area contributed by atoms with Crippen LogP contribution in [0.15, 0.2) is 48.5 Å². The second-order valence-electron chi connectivity index (χ2n) is 4.09. The van der Waals surface area contributed by atoms with E-state index in [4.69, 9.17) is 16.3 Å². The van der Waals surface area contributed by atoms with Crippen molar-refractivity contribution < 1.29 is 13.9 Å². The lowest BCUT2D eigenvalue weighted by Crippen LogP contribution is -1.97. The molecule has 2 nitrogen and oxygen atoms in total. The van der Waals surface area contributed by atoms with Gasteiger partial charge in [-0.05, 0) is 47.0 Å². The Hall–Kier alpha value is -1.87. The monoisotopic (exact) mass is 278 g/mol. The first kappa shape index (κ1) is 13.6. The maximum Gasteiger partial charge on any atom is 0.226 e. The van der Waals surface area contributed by atoms with Crippen molar-refractivity contribution in [1.82, 2.24) is 0 Å². The number of benzene rings is 2. The van der Waals surface area contributed by atoms with Gasteiger partial charge in [0.1, 0.15) is 18.2 Å². The van der Waals surface area contributed by atoms with E-state index in [0.29, 0.717) is 12.4 Å². The molecule has 0 saturated heterocycles. The molecule has 0 aliphatic heterocycles. The van der Waals surface area contributed by atoms with Crippen molar-refractivity contribution >= 4 is 16.8 Å². The summed E-state index contributed by atoms with van der Waals surface area (Å²) in [5, 5.41) is -0.389. The van der Waals surface area contributed by atoms with Gasteiger partial charge < -0.3 is 4.74 Å². The molecule has 0 radical (unpaired) electrons. The molecule has 4 heteroatoms. The summed E-state index contributed by atoms with van der Waals surface area (Å²) in [5.41, 5.74) is 1.73. The first-order valence-electron chi connectivity index (χ1n) is 5.78. The van der Waals surface area contributed by atoms with Crippen molar-refractivity contribution in [3.05, 3.63) is 65.5 Å². The lowest BCUT2D eigenvalue weighted by atomic mass is 10.1. The second kappa shape index (κ2) is 6.34. The zero-order valence-corrected chi connectivity index (χ0v) is 10.9. The van der Waals surface area contributed by atoms with Crippen molar-refractivity contribution in [1.29, 1.82) is 0 Å². The maximum atomic E-state index is 12.7. The zero-order chi connectivity index (χ0) is 13.7. The van der Waals surface area contributed by atoms with E-state index in [0.717, 1.165) is 11.1 Å². The van der Waals surface area contributed by atoms with Crippen LogP contribution in [0.5, 0.6) is 5.75 Å². The zero-order valence-electron chi connectivity index (χ0n) is 10.1. The van der Waals surface area contributed by atoms with Crippen LogP contribution in [0.25, 0.3) is 0 Å². The van der Waals surface area contributed by atoms with E-state index in [9.17, 15) is 9.18 Å². The highest BCUT2D eigenvalue weighted by Crippen LogP contribution is 2.15. The Balaban J connectivity index is 1.92. The highest BCUT2D eigenvalue weighted by molar-refractivity contribution is 6.63. The lowest BCUT2D eigenvalue weighted by Gasteiger charge is -2.07. The number of hydrogen-bond donors (Lipinski definition) is 0. The standard InChI is InChI=1S/C15H12ClFO2/c16-15(18)9-11-3-7-14(8-4-11)19-10-12-1-5-13(17)6-2-12/h1-8H,9-10H2. The van der Waals surface area contributed by atoms with Crippen LogP contribution >= 0.6 is 11.6 Å². The van der Waals surface area contributed by atoms with E-state index >= 15 is 0 Å². The van der Waals surface area contributed by atoms with Gasteiger partial charge in [-0.15, -0.1) is 0 Å². The highest BCUT2D eigenvalue weighted by Gasteiger charge is 2.01. The summed E-state index contributed by atoms with van der Waals surface area (Å²) in [6.45, 7) is 0.369. The normalized spacial score (nSPS) is 10.2. The van der Waals surface area contributed by atoms with E-state index in [1.807, 2.05) is 0 Å². The molecule has 0 unspecified atom stereocenters. The lowest BCUT2D eigenvalue weighted by molar-refractivity contribution is -0.111. The summed E-state index contributed by atoms with van der Waals surface area (Å²) in [7, 11) is 0. The van der Waals surface area contributed by atoms with Gasteiger partial charge in [0.05, 0.1) is 0 Å². The molecule has 0 aliphatic rings. The fourth-order valence-corrected chi connectivity index (χ4v) is 1.77. The molecular formula is C15H12ClFO2. The summed E-state index contributed by atoms with van der Waals surface area (Å²) in [4.78, 5) is 10.7. The molecule has 0 aliphatic carbocycles. The van der Waals surface area contributed by atoms with Gasteiger partial charge in [0.25, 0.3) is 0 Å². The van der Waals surface area contributed by atoms with Crippen LogP contribution in [0.4, 0.5) is 4.39 Å². The predicted octanol–water partition coefficient (Wildman–Crippen LogP) is 3.71. The summed E-state index contributed by atoms with van der Waals surface area (Å²) in [5.74, 6) is 0.425. The van der Waals surface area contributed by atoms with Crippen LogP contribution in [-0.4, -0.2) is 5.24 Å². The smallest absolute Gasteiger partial charge is 0.226 e. The van der Waals surface area contributed by atoms with Crippen molar-refractivity contribution in [3.63, 3.8) is 0 Å². The topological polar surface area (TPSA) is 26.3 Å². The minimum Gasteiger partial charge on any atom is -0.489 e. The third-order valence-electron chi connectivity index (χ3n) is 2.59. The SMILES string of the molecule is O=C(Cl)Cc1ccc(OCc2ccc(F)cc2)cc1. The van der Waals surface area contributed by atoms with E-state index in [2.05, 4.69) is 0 Å². The van der Waals surface area contributed by atoms with Gasteiger partial charge in [-0.2, -0.15) is 0 Å². The van der Waals surface area contributed by atoms with Gasteiger partial charge in [0.2, 0.25) is 5.24 Å². The molecule has 0 saturated carbocycles. The summed E-state index contributed by atoms with van der Waals surface area (Å²) in [6, 6.07) is 13.3. The number of ether oxygens (including phenoxy) is 1. The minimum atomic E-state index is -0.389. The molecule has 0 N–H and O–H groups in total. The molecule has 2 rings (SSSR count). The van der Waals surface area contributed by atoms with Crippen molar-refractivity contribution in [2.75, 3.05) is 0 Å². The van der Waals surface area contributed by atoms with Crippen LogP contribution in [0.2, 0.25) is 0 Å². The third kappa shape index (κ3) is 4.38. The molecule has 2 aromatic rings. The molecule has 0 bridgehead atoms. The number of carbonyl (C=O) groups is 1. The van der Waals surface area contributed by atoms with E-state index in [1.54, 1.807) is 36.4 Å². The minimum absolute atomic E-state index is 0.208. The quantitative estimate of drug-likeness (QED) is 0.779. The van der Waals surface area contributed by atoms with Crippen LogP contribution in [0.3, 0.4) is 0 Å². The Labute approximate surface area is 115 Å². The Morgan fingerprint density at radius 1 is 1.00 bits per heavy atom. The number of rotatable bonds is 5. The number of hydrogen-bond acceptors (Lipinski definition) is 2.